The van der Waals surface area contributed by atoms with Crippen molar-refractivity contribution in [2.75, 3.05) is 5.32 Å². The summed E-state index contributed by atoms with van der Waals surface area (Å²) >= 11 is 16.9. The molecule has 0 aliphatic rings. The molecule has 1 amide bonds. The molecule has 0 bridgehead atoms. The zero-order chi connectivity index (χ0) is 20.9. The summed E-state index contributed by atoms with van der Waals surface area (Å²) in [5, 5.41) is 6.05. The van der Waals surface area contributed by atoms with Gasteiger partial charge in [0.25, 0.3) is 5.91 Å². The van der Waals surface area contributed by atoms with Crippen LogP contribution >= 0.6 is 35.4 Å². The highest BCUT2D eigenvalue weighted by molar-refractivity contribution is 7.89. The van der Waals surface area contributed by atoms with Gasteiger partial charge in [-0.3, -0.25) is 10.1 Å². The number of halogens is 2. The van der Waals surface area contributed by atoms with Gasteiger partial charge in [0, 0.05) is 27.3 Å². The molecular weight excluding hydrogens is 441 g/mol. The van der Waals surface area contributed by atoms with Gasteiger partial charge in [-0.25, -0.2) is 13.1 Å². The molecule has 2 aromatic rings. The minimum Gasteiger partial charge on any atom is -0.332 e. The van der Waals surface area contributed by atoms with E-state index in [0.717, 1.165) is 0 Å². The summed E-state index contributed by atoms with van der Waals surface area (Å²) in [5.74, 6) is -0.473. The lowest BCUT2D eigenvalue weighted by Gasteiger charge is -2.13. The molecule has 0 heterocycles. The van der Waals surface area contributed by atoms with Crippen LogP contribution in [0.15, 0.2) is 47.4 Å². The highest BCUT2D eigenvalue weighted by Gasteiger charge is 2.16. The molecule has 0 radical (unpaired) electrons. The highest BCUT2D eigenvalue weighted by Crippen LogP contribution is 2.19. The third-order valence-electron chi connectivity index (χ3n) is 3.74. The summed E-state index contributed by atoms with van der Waals surface area (Å²) in [6.45, 7) is 3.69. The van der Waals surface area contributed by atoms with Gasteiger partial charge < -0.3 is 5.32 Å². The second kappa shape index (κ2) is 9.67. The van der Waals surface area contributed by atoms with E-state index in [4.69, 9.17) is 35.4 Å². The van der Waals surface area contributed by atoms with E-state index >= 15 is 0 Å². The fraction of sp³-hybridized carbons (Fsp3) is 0.222. The Labute approximate surface area is 179 Å². The van der Waals surface area contributed by atoms with E-state index in [-0.39, 0.29) is 21.6 Å². The standard InChI is InChI=1S/C18H19Cl2N3O3S2/c1-3-11(2)23-28(25,26)16-6-4-15(5-7-16)21-18(27)22-17(24)12-8-13(19)10-14(20)9-12/h4-11,23H,3H2,1-2H3,(H2,21,22,24,27). The summed E-state index contributed by atoms with van der Waals surface area (Å²) in [4.78, 5) is 12.4. The Kier molecular flexibility index (Phi) is 7.79. The Balaban J connectivity index is 2.01. The minimum absolute atomic E-state index is 0.0504. The monoisotopic (exact) mass is 459 g/mol. The van der Waals surface area contributed by atoms with E-state index < -0.39 is 15.9 Å². The third-order valence-corrected chi connectivity index (χ3v) is 5.99. The number of carbonyl (C=O) groups is 1. The zero-order valence-electron chi connectivity index (χ0n) is 15.1. The number of nitrogens with one attached hydrogen (secondary N) is 3. The molecule has 0 saturated carbocycles. The Hall–Kier alpha value is -1.71. The van der Waals surface area contributed by atoms with Crippen LogP contribution in [0.1, 0.15) is 30.6 Å². The maximum atomic E-state index is 12.3. The van der Waals surface area contributed by atoms with Crippen LogP contribution in [0, 0.1) is 0 Å². The molecule has 150 valence electrons. The van der Waals surface area contributed by atoms with Gasteiger partial charge in [0.15, 0.2) is 5.11 Å². The fourth-order valence-electron chi connectivity index (χ4n) is 2.16. The number of thiocarbonyl (C=S) groups is 1. The number of hydrogen-bond donors (Lipinski definition) is 3. The Bertz CT molecular complexity index is 960. The first-order chi connectivity index (χ1) is 13.1. The van der Waals surface area contributed by atoms with Crippen LogP contribution in [-0.4, -0.2) is 25.5 Å². The second-order valence-electron chi connectivity index (χ2n) is 6.02. The van der Waals surface area contributed by atoms with Crippen LogP contribution < -0.4 is 15.4 Å². The first-order valence-electron chi connectivity index (χ1n) is 8.31. The van der Waals surface area contributed by atoms with Crippen molar-refractivity contribution in [1.82, 2.24) is 10.0 Å². The molecule has 1 unspecified atom stereocenters. The van der Waals surface area contributed by atoms with E-state index in [9.17, 15) is 13.2 Å². The summed E-state index contributed by atoms with van der Waals surface area (Å²) < 4.78 is 27.1. The molecule has 0 aromatic heterocycles. The van der Waals surface area contributed by atoms with E-state index in [1.807, 2.05) is 6.92 Å². The van der Waals surface area contributed by atoms with Crippen molar-refractivity contribution in [3.8, 4) is 0 Å². The molecule has 0 aliphatic carbocycles. The van der Waals surface area contributed by atoms with E-state index in [2.05, 4.69) is 15.4 Å². The topological polar surface area (TPSA) is 87.3 Å². The molecule has 0 fully saturated rings. The number of carbonyl (C=O) groups excluding carboxylic acids is 1. The minimum atomic E-state index is -3.59. The first-order valence-corrected chi connectivity index (χ1v) is 11.0. The number of anilines is 1. The molecule has 10 heteroatoms. The lowest BCUT2D eigenvalue weighted by Crippen LogP contribution is -2.34. The SMILES string of the molecule is CCC(C)NS(=O)(=O)c1ccc(NC(=S)NC(=O)c2cc(Cl)cc(Cl)c2)cc1. The number of amides is 1. The Morgan fingerprint density at radius 1 is 1.11 bits per heavy atom. The van der Waals surface area contributed by atoms with Gasteiger partial charge >= 0.3 is 0 Å². The van der Waals surface area contributed by atoms with E-state index in [1.165, 1.54) is 30.3 Å². The quantitative estimate of drug-likeness (QED) is 0.563. The van der Waals surface area contributed by atoms with Gasteiger partial charge in [0.1, 0.15) is 0 Å². The fourth-order valence-corrected chi connectivity index (χ4v) is 4.22. The highest BCUT2D eigenvalue weighted by atomic mass is 35.5. The maximum Gasteiger partial charge on any atom is 0.257 e. The van der Waals surface area contributed by atoms with Gasteiger partial charge in [0.2, 0.25) is 10.0 Å². The van der Waals surface area contributed by atoms with Crippen molar-refractivity contribution in [1.29, 1.82) is 0 Å². The predicted molar refractivity (Wildman–Crippen MR) is 117 cm³/mol. The van der Waals surface area contributed by atoms with Gasteiger partial charge in [-0.2, -0.15) is 0 Å². The van der Waals surface area contributed by atoms with Crippen LogP contribution in [-0.2, 0) is 10.0 Å². The molecule has 1 atom stereocenters. The van der Waals surface area contributed by atoms with Crippen LogP contribution in [0.3, 0.4) is 0 Å². The summed E-state index contributed by atoms with van der Waals surface area (Å²) in [6.07, 6.45) is 0.685. The van der Waals surface area contributed by atoms with Crippen LogP contribution in [0.2, 0.25) is 10.0 Å². The van der Waals surface area contributed by atoms with E-state index in [0.29, 0.717) is 22.2 Å². The first kappa shape index (κ1) is 22.6. The predicted octanol–water partition coefficient (Wildman–Crippen LogP) is 4.20. The molecule has 2 rings (SSSR count). The summed E-state index contributed by atoms with van der Waals surface area (Å²) in [7, 11) is -3.59. The lowest BCUT2D eigenvalue weighted by atomic mass is 10.2. The number of sulfonamides is 1. The average Bonchev–Trinajstić information content (AvgIpc) is 2.60. The number of rotatable bonds is 6. The molecule has 3 N–H and O–H groups in total. The normalized spacial score (nSPS) is 12.3. The van der Waals surface area contributed by atoms with Crippen molar-refractivity contribution in [2.45, 2.75) is 31.2 Å². The lowest BCUT2D eigenvalue weighted by molar-refractivity contribution is 0.0977. The van der Waals surface area contributed by atoms with Gasteiger partial charge in [-0.1, -0.05) is 30.1 Å². The van der Waals surface area contributed by atoms with Crippen molar-refractivity contribution in [2.24, 2.45) is 0 Å². The van der Waals surface area contributed by atoms with Crippen molar-refractivity contribution in [3.05, 3.63) is 58.1 Å². The molecule has 0 saturated heterocycles. The van der Waals surface area contributed by atoms with Crippen LogP contribution in [0.5, 0.6) is 0 Å². The largest absolute Gasteiger partial charge is 0.332 e. The zero-order valence-corrected chi connectivity index (χ0v) is 18.3. The molecule has 2 aromatic carbocycles. The smallest absolute Gasteiger partial charge is 0.257 e. The molecule has 6 nitrogen and oxygen atoms in total. The van der Waals surface area contributed by atoms with Gasteiger partial charge in [-0.15, -0.1) is 0 Å². The molecular formula is C18H19Cl2N3O3S2. The van der Waals surface area contributed by atoms with Crippen molar-refractivity contribution >= 4 is 62.2 Å². The van der Waals surface area contributed by atoms with Crippen LogP contribution in [0.4, 0.5) is 5.69 Å². The molecule has 0 spiro atoms. The summed E-state index contributed by atoms with van der Waals surface area (Å²) in [6, 6.07) is 10.3. The number of benzene rings is 2. The van der Waals surface area contributed by atoms with Crippen LogP contribution in [0.25, 0.3) is 0 Å². The van der Waals surface area contributed by atoms with Crippen molar-refractivity contribution < 1.29 is 13.2 Å². The van der Waals surface area contributed by atoms with Gasteiger partial charge in [0.05, 0.1) is 4.90 Å². The molecule has 0 aliphatic heterocycles. The maximum absolute atomic E-state index is 12.3. The van der Waals surface area contributed by atoms with Crippen molar-refractivity contribution in [3.63, 3.8) is 0 Å². The number of hydrogen-bond acceptors (Lipinski definition) is 4. The van der Waals surface area contributed by atoms with E-state index in [1.54, 1.807) is 19.1 Å². The molecule has 28 heavy (non-hydrogen) atoms. The Morgan fingerprint density at radius 3 is 2.21 bits per heavy atom. The summed E-state index contributed by atoms with van der Waals surface area (Å²) in [5.41, 5.74) is 0.788. The second-order valence-corrected chi connectivity index (χ2v) is 9.02. The third kappa shape index (κ3) is 6.42. The Morgan fingerprint density at radius 2 is 1.68 bits per heavy atom. The average molecular weight is 460 g/mol. The van der Waals surface area contributed by atoms with Gasteiger partial charge in [-0.05, 0) is 68.0 Å².